The second-order valence-electron chi connectivity index (χ2n) is 2.36. The van der Waals surface area contributed by atoms with Gasteiger partial charge >= 0.3 is 0 Å². The molecule has 0 aliphatic carbocycles. The molecular weight excluding hydrogens is 164 g/mol. The van der Waals surface area contributed by atoms with Crippen molar-refractivity contribution < 1.29 is 13.6 Å². The third kappa shape index (κ3) is 2.25. The molecule has 0 amide bonds. The average Bonchev–Trinajstić information content (AvgIpc) is 2.05. The highest BCUT2D eigenvalue weighted by molar-refractivity contribution is 5.23. The predicted octanol–water partition coefficient (Wildman–Crippen LogP) is 2.01. The fraction of sp³-hybridized carbons (Fsp3) is 0.250. The van der Waals surface area contributed by atoms with Gasteiger partial charge < -0.3 is 0 Å². The Morgan fingerprint density at radius 1 is 1.42 bits per heavy atom. The molecular formula is C8H9F2NO. The highest BCUT2D eigenvalue weighted by Gasteiger charge is 2.06. The third-order valence-electron chi connectivity index (χ3n) is 1.45. The molecule has 0 saturated carbocycles. The molecule has 0 unspecified atom stereocenters. The summed E-state index contributed by atoms with van der Waals surface area (Å²) in [5.74, 6) is 4.80. The Bertz CT molecular complexity index is 253. The molecule has 0 atom stereocenters. The van der Waals surface area contributed by atoms with Crippen LogP contribution in [0.4, 0.5) is 8.78 Å². The zero-order valence-corrected chi connectivity index (χ0v) is 6.34. The van der Waals surface area contributed by atoms with Crippen LogP contribution in [0.25, 0.3) is 0 Å². The lowest BCUT2D eigenvalue weighted by Gasteiger charge is -2.02. The van der Waals surface area contributed by atoms with Gasteiger partial charge in [0.25, 0.3) is 6.43 Å². The number of nitrogens with two attached hydrogens (primary N) is 1. The van der Waals surface area contributed by atoms with E-state index in [1.165, 1.54) is 12.1 Å². The second-order valence-corrected chi connectivity index (χ2v) is 2.36. The Morgan fingerprint density at radius 3 is 2.75 bits per heavy atom. The SMILES string of the molecule is NOCc1cccc(C(F)F)c1. The zero-order chi connectivity index (χ0) is 8.97. The molecule has 0 bridgehead atoms. The van der Waals surface area contributed by atoms with Crippen molar-refractivity contribution in [3.05, 3.63) is 35.4 Å². The Labute approximate surface area is 68.9 Å². The van der Waals surface area contributed by atoms with E-state index in [4.69, 9.17) is 5.90 Å². The summed E-state index contributed by atoms with van der Waals surface area (Å²) in [5.41, 5.74) is 0.639. The molecule has 2 N–H and O–H groups in total. The number of benzene rings is 1. The first kappa shape index (κ1) is 9.09. The molecule has 0 heterocycles. The highest BCUT2D eigenvalue weighted by Crippen LogP contribution is 2.19. The summed E-state index contributed by atoms with van der Waals surface area (Å²) >= 11 is 0. The zero-order valence-electron chi connectivity index (χ0n) is 6.34. The van der Waals surface area contributed by atoms with Gasteiger partial charge in [-0.1, -0.05) is 18.2 Å². The molecule has 2 nitrogen and oxygen atoms in total. The van der Waals surface area contributed by atoms with Gasteiger partial charge in [0.2, 0.25) is 0 Å². The first-order chi connectivity index (χ1) is 5.74. The molecule has 0 spiro atoms. The number of hydrogen-bond acceptors (Lipinski definition) is 2. The van der Waals surface area contributed by atoms with Gasteiger partial charge in [0.05, 0.1) is 6.61 Å². The molecule has 12 heavy (non-hydrogen) atoms. The average molecular weight is 173 g/mol. The molecule has 1 aromatic carbocycles. The van der Waals surface area contributed by atoms with E-state index in [0.29, 0.717) is 5.56 Å². The summed E-state index contributed by atoms with van der Waals surface area (Å²) in [7, 11) is 0. The molecule has 0 aromatic heterocycles. The van der Waals surface area contributed by atoms with E-state index in [2.05, 4.69) is 4.84 Å². The fourth-order valence-electron chi connectivity index (χ4n) is 0.915. The van der Waals surface area contributed by atoms with E-state index in [0.717, 1.165) is 0 Å². The third-order valence-corrected chi connectivity index (χ3v) is 1.45. The van der Waals surface area contributed by atoms with E-state index >= 15 is 0 Å². The Balaban J connectivity index is 2.81. The van der Waals surface area contributed by atoms with Gasteiger partial charge in [-0.25, -0.2) is 14.7 Å². The van der Waals surface area contributed by atoms with Gasteiger partial charge in [0.1, 0.15) is 0 Å². The van der Waals surface area contributed by atoms with Gasteiger partial charge in [-0.15, -0.1) is 0 Å². The van der Waals surface area contributed by atoms with E-state index < -0.39 is 6.43 Å². The van der Waals surface area contributed by atoms with Crippen molar-refractivity contribution in [3.63, 3.8) is 0 Å². The van der Waals surface area contributed by atoms with E-state index in [-0.39, 0.29) is 12.2 Å². The van der Waals surface area contributed by atoms with E-state index in [1.807, 2.05) is 0 Å². The highest BCUT2D eigenvalue weighted by atomic mass is 19.3. The Morgan fingerprint density at radius 2 is 2.17 bits per heavy atom. The maximum Gasteiger partial charge on any atom is 0.263 e. The smallest absolute Gasteiger partial charge is 0.263 e. The van der Waals surface area contributed by atoms with Crippen LogP contribution in [0.1, 0.15) is 17.6 Å². The van der Waals surface area contributed by atoms with Gasteiger partial charge in [-0.3, -0.25) is 4.84 Å². The van der Waals surface area contributed by atoms with Crippen LogP contribution in [0.2, 0.25) is 0 Å². The van der Waals surface area contributed by atoms with Gasteiger partial charge in [-0.2, -0.15) is 0 Å². The summed E-state index contributed by atoms with van der Waals surface area (Å²) in [6, 6.07) is 5.97. The summed E-state index contributed by atoms with van der Waals surface area (Å²) in [6.07, 6.45) is -2.44. The van der Waals surface area contributed by atoms with Crippen molar-refractivity contribution in [2.75, 3.05) is 0 Å². The quantitative estimate of drug-likeness (QED) is 0.709. The Hall–Kier alpha value is -1.00. The van der Waals surface area contributed by atoms with Crippen LogP contribution in [0, 0.1) is 0 Å². The molecule has 0 saturated heterocycles. The van der Waals surface area contributed by atoms with Crippen LogP contribution < -0.4 is 5.90 Å². The van der Waals surface area contributed by atoms with Crippen molar-refractivity contribution in [1.82, 2.24) is 0 Å². The van der Waals surface area contributed by atoms with Crippen LogP contribution in [0.15, 0.2) is 24.3 Å². The lowest BCUT2D eigenvalue weighted by atomic mass is 10.1. The number of alkyl halides is 2. The summed E-state index contributed by atoms with van der Waals surface area (Å²) in [6.45, 7) is 0.153. The largest absolute Gasteiger partial charge is 0.300 e. The lowest BCUT2D eigenvalue weighted by Crippen LogP contribution is -1.99. The van der Waals surface area contributed by atoms with Crippen LogP contribution in [0.5, 0.6) is 0 Å². The van der Waals surface area contributed by atoms with Crippen molar-refractivity contribution in [2.24, 2.45) is 5.90 Å². The van der Waals surface area contributed by atoms with Crippen molar-refractivity contribution >= 4 is 0 Å². The molecule has 0 fully saturated rings. The minimum absolute atomic E-state index is 0.00968. The normalized spacial score (nSPS) is 10.7. The molecule has 66 valence electrons. The van der Waals surface area contributed by atoms with Crippen molar-refractivity contribution in [2.45, 2.75) is 13.0 Å². The van der Waals surface area contributed by atoms with Crippen LogP contribution >= 0.6 is 0 Å². The molecule has 1 aromatic rings. The predicted molar refractivity (Wildman–Crippen MR) is 40.4 cm³/mol. The Kier molecular flexibility index (Phi) is 3.13. The van der Waals surface area contributed by atoms with Gasteiger partial charge in [-0.05, 0) is 11.6 Å². The minimum Gasteiger partial charge on any atom is -0.300 e. The van der Waals surface area contributed by atoms with Crippen LogP contribution in [0.3, 0.4) is 0 Å². The summed E-state index contributed by atoms with van der Waals surface area (Å²) in [4.78, 5) is 4.32. The van der Waals surface area contributed by atoms with Gasteiger partial charge in [0, 0.05) is 5.56 Å². The number of rotatable bonds is 3. The number of halogens is 2. The molecule has 0 radical (unpaired) electrons. The second kappa shape index (κ2) is 4.13. The minimum atomic E-state index is -2.44. The van der Waals surface area contributed by atoms with Crippen LogP contribution in [-0.4, -0.2) is 0 Å². The van der Waals surface area contributed by atoms with Crippen molar-refractivity contribution in [3.8, 4) is 0 Å². The van der Waals surface area contributed by atoms with Gasteiger partial charge in [0.15, 0.2) is 0 Å². The topological polar surface area (TPSA) is 35.2 Å². The standard InChI is InChI=1S/C8H9F2NO/c9-8(10)7-3-1-2-6(4-7)5-12-11/h1-4,8H,5,11H2. The molecule has 4 heteroatoms. The first-order valence-electron chi connectivity index (χ1n) is 3.42. The first-order valence-corrected chi connectivity index (χ1v) is 3.42. The van der Waals surface area contributed by atoms with E-state index in [1.54, 1.807) is 12.1 Å². The van der Waals surface area contributed by atoms with E-state index in [9.17, 15) is 8.78 Å². The maximum absolute atomic E-state index is 12.1. The lowest BCUT2D eigenvalue weighted by molar-refractivity contribution is 0.123. The molecule has 0 aliphatic heterocycles. The molecule has 0 aliphatic rings. The fourth-order valence-corrected chi connectivity index (χ4v) is 0.915. The van der Waals surface area contributed by atoms with Crippen LogP contribution in [-0.2, 0) is 11.4 Å². The van der Waals surface area contributed by atoms with Crippen molar-refractivity contribution in [1.29, 1.82) is 0 Å². The molecule has 1 rings (SSSR count). The summed E-state index contributed by atoms with van der Waals surface area (Å²) < 4.78 is 24.2. The number of hydrogen-bond donors (Lipinski definition) is 1. The summed E-state index contributed by atoms with van der Waals surface area (Å²) in [5, 5.41) is 0. The monoisotopic (exact) mass is 173 g/mol. The maximum atomic E-state index is 12.1.